The molecule has 106 valence electrons. The molecule has 4 nitrogen and oxygen atoms in total. The molecule has 0 radical (unpaired) electrons. The van der Waals surface area contributed by atoms with E-state index in [-0.39, 0.29) is 17.5 Å². The van der Waals surface area contributed by atoms with Crippen LogP contribution in [0.1, 0.15) is 31.4 Å². The number of likely N-dealkylation sites (tertiary alicyclic amines) is 1. The fraction of sp³-hybridized carbons (Fsp3) is 0.600. The Bertz CT molecular complexity index is 394. The molecule has 1 aromatic carbocycles. The first kappa shape index (κ1) is 14.2. The Morgan fingerprint density at radius 1 is 1.21 bits per heavy atom. The molecule has 0 aromatic heterocycles. The van der Waals surface area contributed by atoms with Gasteiger partial charge >= 0.3 is 0 Å². The van der Waals surface area contributed by atoms with Crippen LogP contribution < -0.4 is 5.32 Å². The molecule has 1 aliphatic heterocycles. The lowest BCUT2D eigenvalue weighted by atomic mass is 9.96. The van der Waals surface area contributed by atoms with Crippen LogP contribution in [0.3, 0.4) is 0 Å². The number of phenolic OH excluding ortho intramolecular Hbond substituents is 2. The van der Waals surface area contributed by atoms with E-state index in [4.69, 9.17) is 0 Å². The summed E-state index contributed by atoms with van der Waals surface area (Å²) in [5, 5.41) is 22.5. The average molecular weight is 264 g/mol. The number of rotatable bonds is 4. The smallest absolute Gasteiger partial charge is 0.119 e. The molecule has 1 saturated heterocycles. The second kappa shape index (κ2) is 6.26. The normalized spacial score (nSPS) is 19.5. The highest BCUT2D eigenvalue weighted by molar-refractivity contribution is 5.37. The molecule has 4 heteroatoms. The standard InChI is InChI=1S/C15H24N2O2/c1-11(13-7-14(18)9-15(19)8-13)16-10-12-3-5-17(2)6-4-12/h7-9,11-12,16,18-19H,3-6,10H2,1-2H3. The van der Waals surface area contributed by atoms with Gasteiger partial charge in [0.05, 0.1) is 0 Å². The third-order valence-corrected chi connectivity index (χ3v) is 3.98. The Morgan fingerprint density at radius 3 is 2.37 bits per heavy atom. The third-order valence-electron chi connectivity index (χ3n) is 3.98. The maximum Gasteiger partial charge on any atom is 0.119 e. The van der Waals surface area contributed by atoms with Gasteiger partial charge in [0.15, 0.2) is 0 Å². The van der Waals surface area contributed by atoms with E-state index in [0.717, 1.165) is 18.0 Å². The van der Waals surface area contributed by atoms with Gasteiger partial charge in [0, 0.05) is 12.1 Å². The SMILES string of the molecule is CC(NCC1CCN(C)CC1)c1cc(O)cc(O)c1. The van der Waals surface area contributed by atoms with Gasteiger partial charge in [-0.05, 0) is 70.1 Å². The van der Waals surface area contributed by atoms with Gasteiger partial charge in [-0.25, -0.2) is 0 Å². The molecule has 1 heterocycles. The highest BCUT2D eigenvalue weighted by atomic mass is 16.3. The molecule has 1 fully saturated rings. The number of benzene rings is 1. The lowest BCUT2D eigenvalue weighted by Gasteiger charge is -2.30. The number of nitrogens with one attached hydrogen (secondary N) is 1. The van der Waals surface area contributed by atoms with Crippen LogP contribution in [-0.2, 0) is 0 Å². The molecule has 1 aliphatic rings. The van der Waals surface area contributed by atoms with E-state index in [1.165, 1.54) is 32.0 Å². The van der Waals surface area contributed by atoms with Crippen LogP contribution in [0.5, 0.6) is 11.5 Å². The van der Waals surface area contributed by atoms with Crippen molar-refractivity contribution in [3.8, 4) is 11.5 Å². The zero-order valence-electron chi connectivity index (χ0n) is 11.8. The number of hydrogen-bond donors (Lipinski definition) is 3. The minimum atomic E-state index is 0.114. The predicted molar refractivity (Wildman–Crippen MR) is 76.4 cm³/mol. The molecule has 1 aromatic rings. The van der Waals surface area contributed by atoms with Crippen LogP contribution in [-0.4, -0.2) is 41.8 Å². The number of nitrogens with zero attached hydrogens (tertiary/aromatic N) is 1. The van der Waals surface area contributed by atoms with E-state index in [9.17, 15) is 10.2 Å². The molecule has 0 saturated carbocycles. The molecule has 1 unspecified atom stereocenters. The largest absolute Gasteiger partial charge is 0.508 e. The summed E-state index contributed by atoms with van der Waals surface area (Å²) in [4.78, 5) is 2.37. The lowest BCUT2D eigenvalue weighted by molar-refractivity contribution is 0.213. The molecule has 2 rings (SSSR count). The summed E-state index contributed by atoms with van der Waals surface area (Å²) in [6.07, 6.45) is 2.48. The Kier molecular flexibility index (Phi) is 4.66. The summed E-state index contributed by atoms with van der Waals surface area (Å²) in [5.74, 6) is 0.954. The first-order valence-electron chi connectivity index (χ1n) is 6.99. The van der Waals surface area contributed by atoms with E-state index in [1.54, 1.807) is 12.1 Å². The van der Waals surface area contributed by atoms with Crippen LogP contribution >= 0.6 is 0 Å². The van der Waals surface area contributed by atoms with Crippen molar-refractivity contribution in [2.75, 3.05) is 26.7 Å². The van der Waals surface area contributed by atoms with Crippen molar-refractivity contribution in [1.82, 2.24) is 10.2 Å². The maximum atomic E-state index is 9.50. The number of aromatic hydroxyl groups is 2. The zero-order chi connectivity index (χ0) is 13.8. The first-order valence-corrected chi connectivity index (χ1v) is 6.99. The Balaban J connectivity index is 1.85. The second-order valence-corrected chi connectivity index (χ2v) is 5.66. The summed E-state index contributed by atoms with van der Waals surface area (Å²) in [6.45, 7) is 5.40. The molecule has 3 N–H and O–H groups in total. The van der Waals surface area contributed by atoms with Gasteiger partial charge in [0.1, 0.15) is 11.5 Å². The molecule has 19 heavy (non-hydrogen) atoms. The third kappa shape index (κ3) is 4.11. The van der Waals surface area contributed by atoms with Crippen molar-refractivity contribution in [2.24, 2.45) is 5.92 Å². The minimum Gasteiger partial charge on any atom is -0.508 e. The summed E-state index contributed by atoms with van der Waals surface area (Å²) >= 11 is 0. The van der Waals surface area contributed by atoms with Crippen LogP contribution in [0.4, 0.5) is 0 Å². The minimum absolute atomic E-state index is 0.114. The Morgan fingerprint density at radius 2 is 1.79 bits per heavy atom. The first-order chi connectivity index (χ1) is 9.04. The molecular weight excluding hydrogens is 240 g/mol. The van der Waals surface area contributed by atoms with Crippen molar-refractivity contribution in [3.63, 3.8) is 0 Å². The Labute approximate surface area is 115 Å². The van der Waals surface area contributed by atoms with Crippen LogP contribution in [0.2, 0.25) is 0 Å². The fourth-order valence-corrected chi connectivity index (χ4v) is 2.60. The van der Waals surface area contributed by atoms with Crippen molar-refractivity contribution in [3.05, 3.63) is 23.8 Å². The number of hydrogen-bond acceptors (Lipinski definition) is 4. The van der Waals surface area contributed by atoms with Crippen LogP contribution in [0, 0.1) is 5.92 Å². The van der Waals surface area contributed by atoms with Gasteiger partial charge < -0.3 is 20.4 Å². The van der Waals surface area contributed by atoms with Crippen molar-refractivity contribution in [2.45, 2.75) is 25.8 Å². The predicted octanol–water partition coefficient (Wildman–Crippen LogP) is 2.09. The molecule has 0 bridgehead atoms. The van der Waals surface area contributed by atoms with Crippen molar-refractivity contribution >= 4 is 0 Å². The molecular formula is C15H24N2O2. The monoisotopic (exact) mass is 264 g/mol. The van der Waals surface area contributed by atoms with Crippen molar-refractivity contribution in [1.29, 1.82) is 0 Å². The summed E-state index contributed by atoms with van der Waals surface area (Å²) in [5.41, 5.74) is 0.922. The van der Waals surface area contributed by atoms with Crippen LogP contribution in [0.25, 0.3) is 0 Å². The Hall–Kier alpha value is -1.26. The van der Waals surface area contributed by atoms with Gasteiger partial charge in [-0.1, -0.05) is 0 Å². The fourth-order valence-electron chi connectivity index (χ4n) is 2.60. The molecule has 0 spiro atoms. The highest BCUT2D eigenvalue weighted by Crippen LogP contribution is 2.25. The second-order valence-electron chi connectivity index (χ2n) is 5.66. The van der Waals surface area contributed by atoms with Crippen molar-refractivity contribution < 1.29 is 10.2 Å². The topological polar surface area (TPSA) is 55.7 Å². The quantitative estimate of drug-likeness (QED) is 0.779. The molecule has 0 aliphatic carbocycles. The summed E-state index contributed by atoms with van der Waals surface area (Å²) in [7, 11) is 2.17. The van der Waals surface area contributed by atoms with Gasteiger partial charge in [-0.3, -0.25) is 0 Å². The maximum absolute atomic E-state index is 9.50. The van der Waals surface area contributed by atoms with E-state index in [2.05, 4.69) is 24.2 Å². The highest BCUT2D eigenvalue weighted by Gasteiger charge is 2.17. The van der Waals surface area contributed by atoms with Gasteiger partial charge in [0.2, 0.25) is 0 Å². The van der Waals surface area contributed by atoms with Gasteiger partial charge in [-0.2, -0.15) is 0 Å². The molecule has 1 atom stereocenters. The van der Waals surface area contributed by atoms with Crippen LogP contribution in [0.15, 0.2) is 18.2 Å². The number of piperidine rings is 1. The van der Waals surface area contributed by atoms with E-state index < -0.39 is 0 Å². The van der Waals surface area contributed by atoms with E-state index >= 15 is 0 Å². The number of phenols is 2. The van der Waals surface area contributed by atoms with Gasteiger partial charge in [0.25, 0.3) is 0 Å². The summed E-state index contributed by atoms with van der Waals surface area (Å²) in [6, 6.07) is 4.89. The van der Waals surface area contributed by atoms with E-state index in [0.29, 0.717) is 0 Å². The summed E-state index contributed by atoms with van der Waals surface area (Å²) < 4.78 is 0. The van der Waals surface area contributed by atoms with Gasteiger partial charge in [-0.15, -0.1) is 0 Å². The lowest BCUT2D eigenvalue weighted by Crippen LogP contribution is -2.35. The average Bonchev–Trinajstić information content (AvgIpc) is 2.36. The molecule has 0 amide bonds. The van der Waals surface area contributed by atoms with E-state index in [1.807, 2.05) is 0 Å². The zero-order valence-corrected chi connectivity index (χ0v) is 11.8.